The molecule has 4 heteroatoms. The van der Waals surface area contributed by atoms with Crippen molar-refractivity contribution in [1.29, 1.82) is 0 Å². The predicted octanol–water partition coefficient (Wildman–Crippen LogP) is 0.598. The lowest BCUT2D eigenvalue weighted by atomic mass is 10.0. The van der Waals surface area contributed by atoms with Crippen LogP contribution in [-0.2, 0) is 6.42 Å². The zero-order chi connectivity index (χ0) is 13.0. The van der Waals surface area contributed by atoms with Gasteiger partial charge in [0, 0.05) is 31.7 Å². The molecule has 1 saturated heterocycles. The molecule has 1 aliphatic rings. The first-order chi connectivity index (χ1) is 8.67. The zero-order valence-electron chi connectivity index (χ0n) is 11.0. The quantitative estimate of drug-likeness (QED) is 0.820. The van der Waals surface area contributed by atoms with E-state index in [9.17, 15) is 0 Å². The Labute approximate surface area is 109 Å². The highest BCUT2D eigenvalue weighted by atomic mass is 16.5. The minimum atomic E-state index is 0.226. The fourth-order valence-electron chi connectivity index (χ4n) is 2.54. The number of methoxy groups -OCH3 is 1. The third-order valence-corrected chi connectivity index (χ3v) is 3.47. The van der Waals surface area contributed by atoms with Crippen molar-refractivity contribution in [2.75, 3.05) is 26.7 Å². The maximum atomic E-state index is 5.98. The van der Waals surface area contributed by atoms with Crippen LogP contribution in [0.1, 0.15) is 12.0 Å². The van der Waals surface area contributed by atoms with Gasteiger partial charge >= 0.3 is 0 Å². The topological polar surface area (TPSA) is 64.5 Å². The molecule has 0 radical (unpaired) electrons. The number of nitrogens with two attached hydrogens (primary N) is 2. The number of rotatable bonds is 4. The molecule has 100 valence electrons. The van der Waals surface area contributed by atoms with E-state index in [-0.39, 0.29) is 12.1 Å². The van der Waals surface area contributed by atoms with Gasteiger partial charge in [0.05, 0.1) is 7.11 Å². The van der Waals surface area contributed by atoms with Crippen molar-refractivity contribution >= 4 is 0 Å². The van der Waals surface area contributed by atoms with E-state index in [4.69, 9.17) is 16.2 Å². The molecule has 2 rings (SSSR count). The molecular formula is C14H23N3O. The van der Waals surface area contributed by atoms with Crippen molar-refractivity contribution in [3.05, 3.63) is 29.8 Å². The van der Waals surface area contributed by atoms with Crippen molar-refractivity contribution in [3.63, 3.8) is 0 Å². The molecule has 0 aliphatic carbocycles. The van der Waals surface area contributed by atoms with E-state index in [0.29, 0.717) is 0 Å². The second kappa shape index (κ2) is 6.18. The summed E-state index contributed by atoms with van der Waals surface area (Å²) in [7, 11) is 1.69. The number of hydrogen-bond donors (Lipinski definition) is 2. The van der Waals surface area contributed by atoms with Crippen LogP contribution >= 0.6 is 0 Å². The lowest BCUT2D eigenvalue weighted by molar-refractivity contribution is 0.192. The molecule has 0 amide bonds. The van der Waals surface area contributed by atoms with Gasteiger partial charge in [-0.1, -0.05) is 12.1 Å². The van der Waals surface area contributed by atoms with Crippen LogP contribution in [0.15, 0.2) is 24.3 Å². The SMILES string of the molecule is COc1ccc(CCN2CC(N)CC(N)C2)cc1. The summed E-state index contributed by atoms with van der Waals surface area (Å²) in [6.45, 7) is 2.95. The van der Waals surface area contributed by atoms with Crippen LogP contribution in [0.5, 0.6) is 5.75 Å². The van der Waals surface area contributed by atoms with Crippen LogP contribution in [0, 0.1) is 0 Å². The smallest absolute Gasteiger partial charge is 0.118 e. The number of likely N-dealkylation sites (tertiary alicyclic amines) is 1. The van der Waals surface area contributed by atoms with Gasteiger partial charge in [-0.25, -0.2) is 0 Å². The Morgan fingerprint density at radius 3 is 2.33 bits per heavy atom. The monoisotopic (exact) mass is 249 g/mol. The van der Waals surface area contributed by atoms with Gasteiger partial charge in [-0.2, -0.15) is 0 Å². The van der Waals surface area contributed by atoms with Crippen molar-refractivity contribution < 1.29 is 4.74 Å². The second-order valence-corrected chi connectivity index (χ2v) is 5.11. The van der Waals surface area contributed by atoms with Crippen molar-refractivity contribution in [3.8, 4) is 5.75 Å². The van der Waals surface area contributed by atoms with Crippen LogP contribution in [-0.4, -0.2) is 43.7 Å². The fourth-order valence-corrected chi connectivity index (χ4v) is 2.54. The first kappa shape index (κ1) is 13.3. The first-order valence-electron chi connectivity index (χ1n) is 6.54. The van der Waals surface area contributed by atoms with Crippen molar-refractivity contribution in [2.24, 2.45) is 11.5 Å². The first-order valence-corrected chi connectivity index (χ1v) is 6.54. The minimum Gasteiger partial charge on any atom is -0.497 e. The summed E-state index contributed by atoms with van der Waals surface area (Å²) in [5, 5.41) is 0. The molecule has 1 aromatic carbocycles. The van der Waals surface area contributed by atoms with Gasteiger partial charge in [-0.3, -0.25) is 4.90 Å². The van der Waals surface area contributed by atoms with Crippen molar-refractivity contribution in [1.82, 2.24) is 4.90 Å². The van der Waals surface area contributed by atoms with E-state index in [0.717, 1.165) is 38.2 Å². The molecule has 1 heterocycles. The number of piperidine rings is 1. The van der Waals surface area contributed by atoms with E-state index in [2.05, 4.69) is 17.0 Å². The Kier molecular flexibility index (Phi) is 4.58. The van der Waals surface area contributed by atoms with Gasteiger partial charge in [0.2, 0.25) is 0 Å². The summed E-state index contributed by atoms with van der Waals surface area (Å²) in [5.74, 6) is 0.903. The molecular weight excluding hydrogens is 226 g/mol. The third-order valence-electron chi connectivity index (χ3n) is 3.47. The zero-order valence-corrected chi connectivity index (χ0v) is 11.0. The Bertz CT molecular complexity index is 356. The van der Waals surface area contributed by atoms with Crippen LogP contribution in [0.2, 0.25) is 0 Å². The molecule has 1 fully saturated rings. The van der Waals surface area contributed by atoms with E-state index in [1.807, 2.05) is 12.1 Å². The average Bonchev–Trinajstić information content (AvgIpc) is 2.36. The van der Waals surface area contributed by atoms with Gasteiger partial charge < -0.3 is 16.2 Å². The summed E-state index contributed by atoms with van der Waals surface area (Å²) in [6.07, 6.45) is 1.97. The molecule has 18 heavy (non-hydrogen) atoms. The maximum Gasteiger partial charge on any atom is 0.118 e. The van der Waals surface area contributed by atoms with Crippen molar-refractivity contribution in [2.45, 2.75) is 24.9 Å². The molecule has 1 aliphatic heterocycles. The van der Waals surface area contributed by atoms with Gasteiger partial charge in [0.25, 0.3) is 0 Å². The predicted molar refractivity (Wildman–Crippen MR) is 73.7 cm³/mol. The summed E-state index contributed by atoms with van der Waals surface area (Å²) in [5.41, 5.74) is 13.3. The molecule has 2 unspecified atom stereocenters. The Hall–Kier alpha value is -1.10. The normalized spacial score (nSPS) is 25.1. The highest BCUT2D eigenvalue weighted by molar-refractivity contribution is 5.27. The maximum absolute atomic E-state index is 5.98. The van der Waals surface area contributed by atoms with Gasteiger partial charge in [0.1, 0.15) is 5.75 Å². The lowest BCUT2D eigenvalue weighted by Gasteiger charge is -2.34. The van der Waals surface area contributed by atoms with E-state index < -0.39 is 0 Å². The molecule has 4 N–H and O–H groups in total. The second-order valence-electron chi connectivity index (χ2n) is 5.11. The molecule has 0 bridgehead atoms. The molecule has 0 aromatic heterocycles. The average molecular weight is 249 g/mol. The van der Waals surface area contributed by atoms with E-state index in [1.54, 1.807) is 7.11 Å². The largest absolute Gasteiger partial charge is 0.497 e. The van der Waals surface area contributed by atoms with Crippen LogP contribution in [0.3, 0.4) is 0 Å². The Morgan fingerprint density at radius 2 is 1.78 bits per heavy atom. The minimum absolute atomic E-state index is 0.226. The molecule has 1 aromatic rings. The summed E-state index contributed by atoms with van der Waals surface area (Å²) >= 11 is 0. The van der Waals surface area contributed by atoms with Gasteiger partial charge in [-0.15, -0.1) is 0 Å². The summed E-state index contributed by atoms with van der Waals surface area (Å²) in [4.78, 5) is 2.36. The highest BCUT2D eigenvalue weighted by Gasteiger charge is 2.21. The fraction of sp³-hybridized carbons (Fsp3) is 0.571. The molecule has 4 nitrogen and oxygen atoms in total. The number of benzene rings is 1. The Balaban J connectivity index is 1.83. The van der Waals surface area contributed by atoms with E-state index >= 15 is 0 Å². The molecule has 0 spiro atoms. The number of hydrogen-bond acceptors (Lipinski definition) is 4. The standard InChI is InChI=1S/C14H23N3O/c1-18-14-4-2-11(3-5-14)6-7-17-9-12(15)8-13(16)10-17/h2-5,12-13H,6-10,15-16H2,1H3. The van der Waals surface area contributed by atoms with Crippen LogP contribution < -0.4 is 16.2 Å². The summed E-state index contributed by atoms with van der Waals surface area (Å²) < 4.78 is 5.15. The van der Waals surface area contributed by atoms with E-state index in [1.165, 1.54) is 5.56 Å². The Morgan fingerprint density at radius 1 is 1.17 bits per heavy atom. The highest BCUT2D eigenvalue weighted by Crippen LogP contribution is 2.13. The number of nitrogens with zero attached hydrogens (tertiary/aromatic N) is 1. The van der Waals surface area contributed by atoms with Gasteiger partial charge in [-0.05, 0) is 30.5 Å². The van der Waals surface area contributed by atoms with Gasteiger partial charge in [0.15, 0.2) is 0 Å². The lowest BCUT2D eigenvalue weighted by Crippen LogP contribution is -2.52. The van der Waals surface area contributed by atoms with Crippen LogP contribution in [0.4, 0.5) is 0 Å². The molecule has 2 atom stereocenters. The number of ether oxygens (including phenoxy) is 1. The molecule has 0 saturated carbocycles. The van der Waals surface area contributed by atoms with Crippen LogP contribution in [0.25, 0.3) is 0 Å². The third kappa shape index (κ3) is 3.70. The summed E-state index contributed by atoms with van der Waals surface area (Å²) in [6, 6.07) is 8.69.